The van der Waals surface area contributed by atoms with Gasteiger partial charge in [0.2, 0.25) is 5.82 Å². The molecule has 4 atom stereocenters. The highest BCUT2D eigenvalue weighted by Gasteiger charge is 2.46. The molecule has 0 amide bonds. The molecule has 0 saturated heterocycles. The standard InChI is InChI=1S/C28H28F3N7O3.C28H27F3N4O3/c29-28(30,31)40-22-4-2-1-3-20(22)25-21(26(41-36-25)15-5-6-15)14-39-19-11-16-7-8-17(12-19)24(16)33-23-10-9-18(13-32-23)27-34-37-38-35-27;29-28(30,31)37-23-4-2-1-3-21(23)26-22(27(38-35-26)17-6-7-17)15-36-20-11-18-8-9-19(12-20)25(18)34-24-10-5-16(13-32)14-33-24/h1-4,9-10,13,15-17,19,24H,5-8,11-12,14H2,(H,32,33)(H,34,35,37,38);1-5,10,14,17-20,25H,6-9,11-12,15H2,(H,33,34). The lowest BCUT2D eigenvalue weighted by atomic mass is 9.82. The third-order valence-corrected chi connectivity index (χ3v) is 16.2. The van der Waals surface area contributed by atoms with E-state index in [1.807, 2.05) is 18.2 Å². The molecule has 4 bridgehead atoms. The number of ether oxygens (including phenoxy) is 4. The fraction of sp³-hybridized carbons (Fsp3) is 0.464. The topological polar surface area (TPSA) is 217 Å². The minimum absolute atomic E-state index is 0.0376. The van der Waals surface area contributed by atoms with Gasteiger partial charge in [-0.1, -0.05) is 34.6 Å². The fourth-order valence-electron chi connectivity index (χ4n) is 12.3. The van der Waals surface area contributed by atoms with Crippen molar-refractivity contribution >= 4 is 11.6 Å². The van der Waals surface area contributed by atoms with Crippen LogP contribution in [0.3, 0.4) is 0 Å². The minimum atomic E-state index is -4.81. The third-order valence-electron chi connectivity index (χ3n) is 16.2. The summed E-state index contributed by atoms with van der Waals surface area (Å²) in [5.41, 5.74) is 3.91. The van der Waals surface area contributed by atoms with Crippen molar-refractivity contribution in [2.75, 3.05) is 10.6 Å². The number of nitrogens with one attached hydrogen (secondary N) is 3. The summed E-state index contributed by atoms with van der Waals surface area (Å²) in [7, 11) is 0. The molecule has 0 aliphatic heterocycles. The van der Waals surface area contributed by atoms with Crippen molar-refractivity contribution in [2.45, 2.75) is 139 Å². The van der Waals surface area contributed by atoms with E-state index < -0.39 is 12.7 Å². The fourth-order valence-corrected chi connectivity index (χ4v) is 12.3. The molecule has 3 N–H and O–H groups in total. The number of pyridine rings is 2. The summed E-state index contributed by atoms with van der Waals surface area (Å²) in [6.45, 7) is 0.455. The van der Waals surface area contributed by atoms with Gasteiger partial charge < -0.3 is 38.6 Å². The summed E-state index contributed by atoms with van der Waals surface area (Å²) in [6.07, 6.45) is 5.60. The van der Waals surface area contributed by atoms with Crippen molar-refractivity contribution in [3.05, 3.63) is 113 Å². The minimum Gasteiger partial charge on any atom is -0.405 e. The van der Waals surface area contributed by atoms with Gasteiger partial charge in [0.05, 0.1) is 31.0 Å². The molecule has 6 aliphatic rings. The van der Waals surface area contributed by atoms with Crippen LogP contribution in [0.4, 0.5) is 38.0 Å². The first kappa shape index (κ1) is 52.1. The van der Waals surface area contributed by atoms with Crippen LogP contribution in [-0.2, 0) is 22.7 Å². The van der Waals surface area contributed by atoms with Crippen molar-refractivity contribution in [1.82, 2.24) is 40.9 Å². The second-order valence-corrected chi connectivity index (χ2v) is 21.4. The summed E-state index contributed by atoms with van der Waals surface area (Å²) in [5, 5.41) is 38.6. The van der Waals surface area contributed by atoms with Crippen molar-refractivity contribution < 1.29 is 54.3 Å². The highest BCUT2D eigenvalue weighted by molar-refractivity contribution is 5.71. The molecule has 79 heavy (non-hydrogen) atoms. The van der Waals surface area contributed by atoms with Gasteiger partial charge in [0.25, 0.3) is 0 Å². The Labute approximate surface area is 449 Å². The van der Waals surface area contributed by atoms with Crippen LogP contribution >= 0.6 is 0 Å². The van der Waals surface area contributed by atoms with Gasteiger partial charge in [0, 0.05) is 64.1 Å². The number of anilines is 2. The predicted molar refractivity (Wildman–Crippen MR) is 270 cm³/mol. The predicted octanol–water partition coefficient (Wildman–Crippen LogP) is 12.4. The van der Waals surface area contributed by atoms with E-state index in [1.54, 1.807) is 42.7 Å². The van der Waals surface area contributed by atoms with Gasteiger partial charge in [-0.2, -0.15) is 10.5 Å². The Morgan fingerprint density at radius 1 is 0.595 bits per heavy atom. The van der Waals surface area contributed by atoms with Crippen molar-refractivity contribution in [2.24, 2.45) is 23.7 Å². The zero-order valence-corrected chi connectivity index (χ0v) is 42.6. The van der Waals surface area contributed by atoms with Crippen molar-refractivity contribution in [3.63, 3.8) is 0 Å². The Balaban J connectivity index is 0.000000158. The van der Waals surface area contributed by atoms with Gasteiger partial charge in [-0.25, -0.2) is 9.97 Å². The molecule has 412 valence electrons. The first-order valence-corrected chi connectivity index (χ1v) is 26.8. The second-order valence-electron chi connectivity index (χ2n) is 21.4. The molecular formula is C56H55F6N11O6. The van der Waals surface area contributed by atoms with Gasteiger partial charge in [0.1, 0.15) is 52.1 Å². The molecule has 4 unspecified atom stereocenters. The van der Waals surface area contributed by atoms with Crippen molar-refractivity contribution in [3.8, 4) is 51.5 Å². The highest BCUT2D eigenvalue weighted by Crippen LogP contribution is 2.50. The lowest BCUT2D eigenvalue weighted by molar-refractivity contribution is -0.275. The van der Waals surface area contributed by atoms with E-state index in [1.165, 1.54) is 24.3 Å². The molecule has 5 aromatic heterocycles. The molecule has 5 heterocycles. The van der Waals surface area contributed by atoms with Crippen LogP contribution in [0, 0.1) is 35.0 Å². The van der Waals surface area contributed by atoms with E-state index in [0.29, 0.717) is 81.2 Å². The summed E-state index contributed by atoms with van der Waals surface area (Å²) in [4.78, 5) is 8.92. The van der Waals surface area contributed by atoms with Gasteiger partial charge in [0.15, 0.2) is 0 Å². The molecule has 7 aromatic rings. The molecule has 2 aromatic carbocycles. The van der Waals surface area contributed by atoms with Crippen molar-refractivity contribution in [1.29, 1.82) is 5.26 Å². The Morgan fingerprint density at radius 2 is 1.06 bits per heavy atom. The summed E-state index contributed by atoms with van der Waals surface area (Å²) in [5.74, 6) is 5.05. The zero-order valence-electron chi connectivity index (χ0n) is 42.6. The number of fused-ring (bicyclic) bond motifs is 4. The summed E-state index contributed by atoms with van der Waals surface area (Å²) in [6, 6.07) is 22.2. The van der Waals surface area contributed by atoms with Gasteiger partial charge in [-0.05, 0) is 154 Å². The number of para-hydroxylation sites is 2. The summed E-state index contributed by atoms with van der Waals surface area (Å²) < 4.78 is 111. The SMILES string of the molecule is FC(F)(F)Oc1ccccc1-c1noc(C2CC2)c1COC1CC2CCC(C1)C2Nc1ccc(-c2nn[nH]n2)cn1.N#Cc1ccc(NC2C3CCC2CC(OCc2c(-c4ccccc4OC(F)(F)F)noc2C2CC2)C3)nc1. The van der Waals surface area contributed by atoms with E-state index in [4.69, 9.17) is 23.8 Å². The number of H-pyrrole nitrogens is 1. The summed E-state index contributed by atoms with van der Waals surface area (Å²) >= 11 is 0. The molecule has 0 spiro atoms. The number of hydrogen-bond acceptors (Lipinski definition) is 16. The van der Waals surface area contributed by atoms with Crippen LogP contribution in [0.5, 0.6) is 11.5 Å². The number of benzene rings is 2. The molecule has 0 radical (unpaired) electrons. The van der Waals surface area contributed by atoms with E-state index in [-0.39, 0.29) is 59.9 Å². The third kappa shape index (κ3) is 12.0. The van der Waals surface area contributed by atoms with Gasteiger partial charge in [-0.15, -0.1) is 36.5 Å². The quantitative estimate of drug-likeness (QED) is 0.0723. The molecular weight excluding hydrogens is 1040 g/mol. The number of aromatic amines is 1. The Hall–Kier alpha value is -7.58. The largest absolute Gasteiger partial charge is 0.573 e. The Bertz CT molecular complexity index is 3220. The number of alkyl halides is 6. The smallest absolute Gasteiger partial charge is 0.405 e. The molecule has 6 saturated carbocycles. The van der Waals surface area contributed by atoms with Crippen LogP contribution in [0.25, 0.3) is 33.9 Å². The van der Waals surface area contributed by atoms with Gasteiger partial charge in [-0.3, -0.25) is 0 Å². The highest BCUT2D eigenvalue weighted by atomic mass is 19.4. The van der Waals surface area contributed by atoms with Crippen LogP contribution in [0.15, 0.2) is 94.2 Å². The number of nitrogens with zero attached hydrogens (tertiary/aromatic N) is 8. The average Bonchev–Trinajstić information content (AvgIpc) is 4.35. The Kier molecular flexibility index (Phi) is 14.5. The Morgan fingerprint density at radius 3 is 1.46 bits per heavy atom. The first-order valence-electron chi connectivity index (χ1n) is 26.8. The number of halogens is 6. The number of nitriles is 1. The second kappa shape index (κ2) is 21.9. The van der Waals surface area contributed by atoms with E-state index >= 15 is 0 Å². The average molecular weight is 1090 g/mol. The van der Waals surface area contributed by atoms with Crippen LogP contribution in [0.2, 0.25) is 0 Å². The first-order chi connectivity index (χ1) is 38.3. The number of rotatable bonds is 17. The number of tetrazole rings is 1. The van der Waals surface area contributed by atoms with Crippen LogP contribution in [0.1, 0.15) is 117 Å². The number of hydrogen-bond donors (Lipinski definition) is 3. The van der Waals surface area contributed by atoms with Crippen LogP contribution < -0.4 is 20.1 Å². The normalized spacial score (nSPS) is 24.3. The molecule has 23 heteroatoms. The zero-order chi connectivity index (χ0) is 54.3. The maximum atomic E-state index is 13.1. The molecule has 6 fully saturated rings. The number of aromatic nitrogens is 8. The van der Waals surface area contributed by atoms with E-state index in [2.05, 4.69) is 67.1 Å². The molecule has 13 rings (SSSR count). The van der Waals surface area contributed by atoms with E-state index in [9.17, 15) is 26.3 Å². The maximum absolute atomic E-state index is 13.1. The molecule has 17 nitrogen and oxygen atoms in total. The molecule has 6 aliphatic carbocycles. The van der Waals surface area contributed by atoms with E-state index in [0.717, 1.165) is 94.2 Å². The monoisotopic (exact) mass is 1090 g/mol. The van der Waals surface area contributed by atoms with Crippen LogP contribution in [-0.4, -0.2) is 77.9 Å². The van der Waals surface area contributed by atoms with Gasteiger partial charge >= 0.3 is 12.7 Å². The maximum Gasteiger partial charge on any atom is 0.573 e. The lowest BCUT2D eigenvalue weighted by Gasteiger charge is -2.36. The lowest BCUT2D eigenvalue weighted by Crippen LogP contribution is -2.39.